The highest BCUT2D eigenvalue weighted by atomic mass is 35.5. The van der Waals surface area contributed by atoms with Gasteiger partial charge in [-0.05, 0) is 24.3 Å². The van der Waals surface area contributed by atoms with Crippen molar-refractivity contribution in [3.63, 3.8) is 0 Å². The van der Waals surface area contributed by atoms with Gasteiger partial charge in [0, 0.05) is 11.1 Å². The molecule has 0 N–H and O–H groups in total. The van der Waals surface area contributed by atoms with Gasteiger partial charge in [0.1, 0.15) is 5.82 Å². The molecular formula is C11H8ClFN2OS. The van der Waals surface area contributed by atoms with Crippen LogP contribution in [0.1, 0.15) is 0 Å². The van der Waals surface area contributed by atoms with Crippen molar-refractivity contribution in [2.45, 2.75) is 10.8 Å². The molecule has 0 bridgehead atoms. The lowest BCUT2D eigenvalue weighted by molar-refractivity contribution is 0.626. The number of hydrogen-bond donors (Lipinski definition) is 0. The van der Waals surface area contributed by atoms with Crippen molar-refractivity contribution in [3.8, 4) is 0 Å². The molecule has 2 aromatic rings. The molecule has 0 atom stereocenters. The first-order valence-electron chi connectivity index (χ1n) is 4.75. The summed E-state index contributed by atoms with van der Waals surface area (Å²) in [4.78, 5) is 15.8. The maximum Gasteiger partial charge on any atom is 0.348 e. The Balaban J connectivity index is 2.09. The Morgan fingerprint density at radius 2 is 2.06 bits per heavy atom. The van der Waals surface area contributed by atoms with Gasteiger partial charge in [-0.1, -0.05) is 11.6 Å². The molecule has 0 aliphatic rings. The first kappa shape index (κ1) is 12.1. The van der Waals surface area contributed by atoms with Crippen LogP contribution in [0.2, 0.25) is 5.02 Å². The zero-order valence-electron chi connectivity index (χ0n) is 8.64. The van der Waals surface area contributed by atoms with Crippen molar-refractivity contribution in [2.75, 3.05) is 0 Å². The minimum absolute atomic E-state index is 0.282. The fourth-order valence-electron chi connectivity index (χ4n) is 1.20. The standard InChI is InChI=1S/C11H8ClFN2OS/c12-8-5-14-11(16)15(6-8)7-17-10-3-1-9(13)2-4-10/h1-6H,7H2. The van der Waals surface area contributed by atoms with Gasteiger partial charge in [0.05, 0.1) is 17.1 Å². The zero-order valence-corrected chi connectivity index (χ0v) is 10.2. The third-order valence-electron chi connectivity index (χ3n) is 2.01. The van der Waals surface area contributed by atoms with E-state index >= 15 is 0 Å². The summed E-state index contributed by atoms with van der Waals surface area (Å²) in [5, 5.41) is 0.407. The Labute approximate surface area is 106 Å². The monoisotopic (exact) mass is 270 g/mol. The predicted molar refractivity (Wildman–Crippen MR) is 65.8 cm³/mol. The van der Waals surface area contributed by atoms with Crippen LogP contribution in [0.25, 0.3) is 0 Å². The van der Waals surface area contributed by atoms with Crippen LogP contribution < -0.4 is 5.69 Å². The molecule has 0 aliphatic carbocycles. The summed E-state index contributed by atoms with van der Waals surface area (Å²) in [6, 6.07) is 6.06. The number of aromatic nitrogens is 2. The topological polar surface area (TPSA) is 34.9 Å². The van der Waals surface area contributed by atoms with Gasteiger partial charge in [-0.3, -0.25) is 4.57 Å². The Morgan fingerprint density at radius 1 is 1.35 bits per heavy atom. The summed E-state index contributed by atoms with van der Waals surface area (Å²) in [7, 11) is 0. The van der Waals surface area contributed by atoms with E-state index in [0.29, 0.717) is 10.9 Å². The second-order valence-electron chi connectivity index (χ2n) is 3.25. The molecule has 1 aromatic heterocycles. The average molecular weight is 271 g/mol. The van der Waals surface area contributed by atoms with Crippen LogP contribution in [0.15, 0.2) is 46.3 Å². The molecule has 88 valence electrons. The van der Waals surface area contributed by atoms with E-state index in [-0.39, 0.29) is 11.5 Å². The number of benzene rings is 1. The van der Waals surface area contributed by atoms with Crippen molar-refractivity contribution in [1.29, 1.82) is 0 Å². The number of thioether (sulfide) groups is 1. The summed E-state index contributed by atoms with van der Waals surface area (Å²) in [6.07, 6.45) is 2.83. The summed E-state index contributed by atoms with van der Waals surface area (Å²) in [5.41, 5.74) is -0.357. The molecule has 0 unspecified atom stereocenters. The second kappa shape index (κ2) is 5.33. The molecule has 17 heavy (non-hydrogen) atoms. The molecule has 0 amide bonds. The van der Waals surface area contributed by atoms with E-state index in [9.17, 15) is 9.18 Å². The Hall–Kier alpha value is -1.33. The number of rotatable bonds is 3. The van der Waals surface area contributed by atoms with Crippen LogP contribution in [0.4, 0.5) is 4.39 Å². The zero-order chi connectivity index (χ0) is 12.3. The minimum Gasteiger partial charge on any atom is -0.288 e. The molecule has 2 rings (SSSR count). The highest BCUT2D eigenvalue weighted by Crippen LogP contribution is 2.19. The first-order chi connectivity index (χ1) is 8.15. The maximum atomic E-state index is 12.7. The van der Waals surface area contributed by atoms with Crippen LogP contribution in [-0.2, 0) is 5.88 Å². The fraction of sp³-hybridized carbons (Fsp3) is 0.0909. The third-order valence-corrected chi connectivity index (χ3v) is 3.22. The molecular weight excluding hydrogens is 263 g/mol. The van der Waals surface area contributed by atoms with Gasteiger partial charge in [0.15, 0.2) is 0 Å². The number of hydrogen-bond acceptors (Lipinski definition) is 3. The van der Waals surface area contributed by atoms with Gasteiger partial charge >= 0.3 is 5.69 Å². The molecule has 0 saturated carbocycles. The van der Waals surface area contributed by atoms with Gasteiger partial charge < -0.3 is 0 Å². The normalized spacial score (nSPS) is 10.5. The van der Waals surface area contributed by atoms with Crippen LogP contribution >= 0.6 is 23.4 Å². The van der Waals surface area contributed by atoms with Crippen molar-refractivity contribution >= 4 is 23.4 Å². The lowest BCUT2D eigenvalue weighted by atomic mass is 10.4. The Kier molecular flexibility index (Phi) is 3.81. The number of halogens is 2. The maximum absolute atomic E-state index is 12.7. The highest BCUT2D eigenvalue weighted by Gasteiger charge is 2.00. The first-order valence-corrected chi connectivity index (χ1v) is 6.12. The van der Waals surface area contributed by atoms with E-state index in [0.717, 1.165) is 4.90 Å². The van der Waals surface area contributed by atoms with Crippen molar-refractivity contribution < 1.29 is 4.39 Å². The predicted octanol–water partition coefficient (Wildman–Crippen LogP) is 2.79. The van der Waals surface area contributed by atoms with Crippen LogP contribution in [0.5, 0.6) is 0 Å². The molecule has 0 fully saturated rings. The number of nitrogens with zero attached hydrogens (tertiary/aromatic N) is 2. The molecule has 0 aliphatic heterocycles. The molecule has 0 radical (unpaired) electrons. The van der Waals surface area contributed by atoms with Gasteiger partial charge in [0.25, 0.3) is 0 Å². The van der Waals surface area contributed by atoms with E-state index < -0.39 is 0 Å². The summed E-state index contributed by atoms with van der Waals surface area (Å²) in [5.74, 6) is 0.105. The van der Waals surface area contributed by atoms with E-state index in [1.54, 1.807) is 12.1 Å². The van der Waals surface area contributed by atoms with E-state index in [2.05, 4.69) is 4.98 Å². The average Bonchev–Trinajstić information content (AvgIpc) is 2.32. The van der Waals surface area contributed by atoms with Crippen molar-refractivity contribution in [2.24, 2.45) is 0 Å². The molecule has 0 saturated heterocycles. The van der Waals surface area contributed by atoms with Gasteiger partial charge in [-0.15, -0.1) is 11.8 Å². The SMILES string of the molecule is O=c1ncc(Cl)cn1CSc1ccc(F)cc1. The molecule has 3 nitrogen and oxygen atoms in total. The van der Waals surface area contributed by atoms with Gasteiger partial charge in [0.2, 0.25) is 0 Å². The summed E-state index contributed by atoms with van der Waals surface area (Å²) < 4.78 is 14.1. The Morgan fingerprint density at radius 3 is 2.76 bits per heavy atom. The minimum atomic E-state index is -0.357. The van der Waals surface area contributed by atoms with Crippen LogP contribution in [0.3, 0.4) is 0 Å². The smallest absolute Gasteiger partial charge is 0.288 e. The van der Waals surface area contributed by atoms with E-state index in [4.69, 9.17) is 11.6 Å². The third kappa shape index (κ3) is 3.31. The molecule has 6 heteroatoms. The van der Waals surface area contributed by atoms with Gasteiger partial charge in [-0.2, -0.15) is 4.98 Å². The van der Waals surface area contributed by atoms with Crippen molar-refractivity contribution in [3.05, 3.63) is 58.0 Å². The van der Waals surface area contributed by atoms with E-state index in [1.165, 1.54) is 40.9 Å². The molecule has 1 aromatic carbocycles. The molecule has 0 spiro atoms. The van der Waals surface area contributed by atoms with Gasteiger partial charge in [-0.25, -0.2) is 9.18 Å². The van der Waals surface area contributed by atoms with Crippen LogP contribution in [0, 0.1) is 5.82 Å². The fourth-order valence-corrected chi connectivity index (χ4v) is 2.16. The van der Waals surface area contributed by atoms with Crippen LogP contribution in [-0.4, -0.2) is 9.55 Å². The second-order valence-corrected chi connectivity index (χ2v) is 4.71. The van der Waals surface area contributed by atoms with Crippen molar-refractivity contribution in [1.82, 2.24) is 9.55 Å². The largest absolute Gasteiger partial charge is 0.348 e. The summed E-state index contributed by atoms with van der Waals surface area (Å²) >= 11 is 7.14. The quantitative estimate of drug-likeness (QED) is 0.805. The summed E-state index contributed by atoms with van der Waals surface area (Å²) in [6.45, 7) is 0. The molecule has 1 heterocycles. The Bertz CT molecular complexity index is 570. The van der Waals surface area contributed by atoms with E-state index in [1.807, 2.05) is 0 Å². The lowest BCUT2D eigenvalue weighted by Crippen LogP contribution is -2.20. The highest BCUT2D eigenvalue weighted by molar-refractivity contribution is 7.98. The lowest BCUT2D eigenvalue weighted by Gasteiger charge is -2.04.